The molecule has 1 rings (SSSR count). The summed E-state index contributed by atoms with van der Waals surface area (Å²) < 4.78 is 0. The number of nitrogens with two attached hydrogens (primary N) is 1. The van der Waals surface area contributed by atoms with Gasteiger partial charge in [-0.2, -0.15) is 0 Å². The van der Waals surface area contributed by atoms with Gasteiger partial charge in [-0.1, -0.05) is 13.8 Å². The van der Waals surface area contributed by atoms with Gasteiger partial charge in [0, 0.05) is 13.1 Å². The van der Waals surface area contributed by atoms with Crippen LogP contribution in [0.1, 0.15) is 26.7 Å². The lowest BCUT2D eigenvalue weighted by Crippen LogP contribution is -2.48. The summed E-state index contributed by atoms with van der Waals surface area (Å²) in [6, 6.07) is -0.308. The van der Waals surface area contributed by atoms with Gasteiger partial charge in [-0.15, -0.1) is 0 Å². The first-order chi connectivity index (χ1) is 7.45. The molecule has 16 heavy (non-hydrogen) atoms. The van der Waals surface area contributed by atoms with Gasteiger partial charge >= 0.3 is 6.03 Å². The Hall–Kier alpha value is -0.810. The van der Waals surface area contributed by atoms with Crippen LogP contribution in [0, 0.1) is 11.3 Å². The van der Waals surface area contributed by atoms with Gasteiger partial charge in [0.1, 0.15) is 0 Å². The fraction of sp³-hybridized carbons (Fsp3) is 0.909. The Morgan fingerprint density at radius 2 is 2.25 bits per heavy atom. The summed E-state index contributed by atoms with van der Waals surface area (Å²) >= 11 is 0. The van der Waals surface area contributed by atoms with E-state index in [1.54, 1.807) is 0 Å². The number of nitrogens with one attached hydrogen (secondary N) is 2. The first kappa shape index (κ1) is 13.3. The molecule has 0 saturated carbocycles. The quantitative estimate of drug-likeness (QED) is 0.375. The molecule has 0 aromatic heterocycles. The predicted octanol–water partition coefficient (Wildman–Crippen LogP) is 0.527. The van der Waals surface area contributed by atoms with Gasteiger partial charge in [0.2, 0.25) is 0 Å². The average molecular weight is 228 g/mol. The smallest absolute Gasteiger partial charge is 0.328 e. The highest BCUT2D eigenvalue weighted by Crippen LogP contribution is 2.32. The second kappa shape index (κ2) is 5.50. The van der Waals surface area contributed by atoms with E-state index in [-0.39, 0.29) is 11.4 Å². The van der Waals surface area contributed by atoms with Crippen molar-refractivity contribution in [2.45, 2.75) is 26.7 Å². The molecule has 4 N–H and O–H groups in total. The number of nitrogens with zero attached hydrogens (tertiary/aromatic N) is 1. The summed E-state index contributed by atoms with van der Waals surface area (Å²) in [6.45, 7) is 7.36. The number of urea groups is 1. The lowest BCUT2D eigenvalue weighted by atomic mass is 9.74. The summed E-state index contributed by atoms with van der Waals surface area (Å²) in [7, 11) is 2.16. The number of hydrazine groups is 1. The minimum Gasteiger partial charge on any atom is -0.337 e. The van der Waals surface area contributed by atoms with E-state index in [4.69, 9.17) is 5.84 Å². The summed E-state index contributed by atoms with van der Waals surface area (Å²) in [6.07, 6.45) is 2.48. The van der Waals surface area contributed by atoms with Gasteiger partial charge in [0.05, 0.1) is 0 Å². The number of rotatable bonds is 3. The normalized spacial score (nSPS) is 22.9. The number of carbonyl (C=O) groups excluding carboxylic acids is 1. The number of amides is 2. The summed E-state index contributed by atoms with van der Waals surface area (Å²) in [5.41, 5.74) is 2.20. The molecule has 0 aromatic carbocycles. The Balaban J connectivity index is 2.45. The Morgan fingerprint density at radius 3 is 2.81 bits per heavy atom. The highest BCUT2D eigenvalue weighted by molar-refractivity contribution is 5.73. The lowest BCUT2D eigenvalue weighted by Gasteiger charge is -2.40. The number of hydrogen-bond acceptors (Lipinski definition) is 3. The zero-order chi connectivity index (χ0) is 12.2. The van der Waals surface area contributed by atoms with Gasteiger partial charge < -0.3 is 10.2 Å². The second-order valence-electron chi connectivity index (χ2n) is 5.42. The molecular weight excluding hydrogens is 204 g/mol. The topological polar surface area (TPSA) is 70.4 Å². The third kappa shape index (κ3) is 3.64. The van der Waals surface area contributed by atoms with Crippen LogP contribution in [0.25, 0.3) is 0 Å². The van der Waals surface area contributed by atoms with Gasteiger partial charge in [-0.3, -0.25) is 5.43 Å². The van der Waals surface area contributed by atoms with Crippen molar-refractivity contribution in [2.24, 2.45) is 17.2 Å². The van der Waals surface area contributed by atoms with Crippen molar-refractivity contribution in [2.75, 3.05) is 26.7 Å². The molecule has 1 fully saturated rings. The summed E-state index contributed by atoms with van der Waals surface area (Å²) in [5, 5.41) is 2.79. The summed E-state index contributed by atoms with van der Waals surface area (Å²) in [4.78, 5) is 13.4. The van der Waals surface area contributed by atoms with Crippen LogP contribution in [0.5, 0.6) is 0 Å². The van der Waals surface area contributed by atoms with Crippen molar-refractivity contribution in [3.8, 4) is 0 Å². The van der Waals surface area contributed by atoms with Gasteiger partial charge in [-0.25, -0.2) is 10.6 Å². The molecule has 1 heterocycles. The van der Waals surface area contributed by atoms with Gasteiger partial charge in [0.25, 0.3) is 0 Å². The fourth-order valence-electron chi connectivity index (χ4n) is 2.31. The largest absolute Gasteiger partial charge is 0.337 e. The molecule has 0 aromatic rings. The monoisotopic (exact) mass is 228 g/mol. The molecule has 5 heteroatoms. The Bertz CT molecular complexity index is 242. The van der Waals surface area contributed by atoms with E-state index in [0.717, 1.165) is 6.54 Å². The van der Waals surface area contributed by atoms with Crippen molar-refractivity contribution >= 4 is 6.03 Å². The predicted molar refractivity (Wildman–Crippen MR) is 64.7 cm³/mol. The number of carbonyl (C=O) groups is 1. The van der Waals surface area contributed by atoms with Crippen molar-refractivity contribution < 1.29 is 4.79 Å². The Kier molecular flexibility index (Phi) is 4.56. The van der Waals surface area contributed by atoms with Crippen LogP contribution in [-0.4, -0.2) is 37.6 Å². The highest BCUT2D eigenvalue weighted by atomic mass is 16.2. The SMILES string of the molecule is CN1CCCC(C(C)(C)CNC(=O)NN)C1. The third-order valence-corrected chi connectivity index (χ3v) is 3.57. The summed E-state index contributed by atoms with van der Waals surface area (Å²) in [5.74, 6) is 5.66. The molecular formula is C11H24N4O. The molecule has 1 saturated heterocycles. The molecule has 1 aliphatic heterocycles. The van der Waals surface area contributed by atoms with Crippen LogP contribution >= 0.6 is 0 Å². The Labute approximate surface area is 97.7 Å². The number of piperidine rings is 1. The molecule has 0 bridgehead atoms. The van der Waals surface area contributed by atoms with Crippen molar-refractivity contribution in [3.05, 3.63) is 0 Å². The molecule has 5 nitrogen and oxygen atoms in total. The molecule has 0 aliphatic carbocycles. The zero-order valence-corrected chi connectivity index (χ0v) is 10.5. The third-order valence-electron chi connectivity index (χ3n) is 3.57. The zero-order valence-electron chi connectivity index (χ0n) is 10.5. The average Bonchev–Trinajstić information content (AvgIpc) is 2.26. The van der Waals surface area contributed by atoms with E-state index >= 15 is 0 Å². The highest BCUT2D eigenvalue weighted by Gasteiger charge is 2.32. The number of hydrogen-bond donors (Lipinski definition) is 3. The van der Waals surface area contributed by atoms with E-state index in [0.29, 0.717) is 12.5 Å². The van der Waals surface area contributed by atoms with Crippen molar-refractivity contribution in [1.82, 2.24) is 15.6 Å². The molecule has 0 spiro atoms. The molecule has 1 atom stereocenters. The van der Waals surface area contributed by atoms with Crippen LogP contribution in [0.2, 0.25) is 0 Å². The minimum atomic E-state index is -0.308. The maximum atomic E-state index is 11.0. The maximum Gasteiger partial charge on any atom is 0.328 e. The standard InChI is InChI=1S/C11H24N4O/c1-11(2,8-13-10(16)14-12)9-5-4-6-15(3)7-9/h9H,4-8,12H2,1-3H3,(H2,13,14,16). The van der Waals surface area contributed by atoms with Gasteiger partial charge in [-0.05, 0) is 37.8 Å². The van der Waals surface area contributed by atoms with Gasteiger partial charge in [0.15, 0.2) is 0 Å². The molecule has 94 valence electrons. The van der Waals surface area contributed by atoms with E-state index in [1.165, 1.54) is 19.4 Å². The first-order valence-corrected chi connectivity index (χ1v) is 5.88. The van der Waals surface area contributed by atoms with E-state index in [1.807, 2.05) is 0 Å². The molecule has 0 radical (unpaired) electrons. The Morgan fingerprint density at radius 1 is 1.56 bits per heavy atom. The minimum absolute atomic E-state index is 0.112. The van der Waals surface area contributed by atoms with Crippen LogP contribution in [0.3, 0.4) is 0 Å². The lowest BCUT2D eigenvalue weighted by molar-refractivity contribution is 0.104. The first-order valence-electron chi connectivity index (χ1n) is 5.88. The fourth-order valence-corrected chi connectivity index (χ4v) is 2.31. The van der Waals surface area contributed by atoms with E-state index < -0.39 is 0 Å². The van der Waals surface area contributed by atoms with Crippen LogP contribution in [0.15, 0.2) is 0 Å². The maximum absolute atomic E-state index is 11.0. The van der Waals surface area contributed by atoms with Crippen LogP contribution < -0.4 is 16.6 Å². The van der Waals surface area contributed by atoms with Crippen LogP contribution in [0.4, 0.5) is 4.79 Å². The molecule has 2 amide bonds. The number of likely N-dealkylation sites (tertiary alicyclic amines) is 1. The van der Waals surface area contributed by atoms with Crippen LogP contribution in [-0.2, 0) is 0 Å². The van der Waals surface area contributed by atoms with Crippen molar-refractivity contribution in [1.29, 1.82) is 0 Å². The molecule has 1 aliphatic rings. The second-order valence-corrected chi connectivity index (χ2v) is 5.42. The van der Waals surface area contributed by atoms with E-state index in [9.17, 15) is 4.79 Å². The van der Waals surface area contributed by atoms with E-state index in [2.05, 4.69) is 36.5 Å². The molecule has 1 unspecified atom stereocenters. The van der Waals surface area contributed by atoms with Crippen molar-refractivity contribution in [3.63, 3.8) is 0 Å².